The SMILES string of the molecule is CN(C1CC1)[C@@H]1CCN(CCO)C1. The van der Waals surface area contributed by atoms with Gasteiger partial charge in [-0.25, -0.2) is 0 Å². The summed E-state index contributed by atoms with van der Waals surface area (Å²) in [5.74, 6) is 0. The van der Waals surface area contributed by atoms with Crippen molar-refractivity contribution in [2.24, 2.45) is 0 Å². The highest BCUT2D eigenvalue weighted by atomic mass is 16.3. The van der Waals surface area contributed by atoms with Gasteiger partial charge < -0.3 is 5.11 Å². The number of β-amino-alcohol motifs (C(OH)–C–C–N with tert-alkyl or cyclic N) is 1. The zero-order valence-electron chi connectivity index (χ0n) is 8.45. The first-order chi connectivity index (χ1) is 6.31. The van der Waals surface area contributed by atoms with Crippen molar-refractivity contribution in [1.82, 2.24) is 9.80 Å². The molecule has 2 rings (SSSR count). The molecule has 0 radical (unpaired) electrons. The predicted molar refractivity (Wildman–Crippen MR) is 52.7 cm³/mol. The fourth-order valence-electron chi connectivity index (χ4n) is 2.27. The highest BCUT2D eigenvalue weighted by molar-refractivity contribution is 4.90. The summed E-state index contributed by atoms with van der Waals surface area (Å²) in [5.41, 5.74) is 0. The minimum Gasteiger partial charge on any atom is -0.395 e. The van der Waals surface area contributed by atoms with Crippen LogP contribution in [0.25, 0.3) is 0 Å². The van der Waals surface area contributed by atoms with E-state index in [2.05, 4.69) is 16.8 Å². The third-order valence-corrected chi connectivity index (χ3v) is 3.36. The first-order valence-corrected chi connectivity index (χ1v) is 5.36. The van der Waals surface area contributed by atoms with Crippen molar-refractivity contribution in [2.75, 3.05) is 33.3 Å². The summed E-state index contributed by atoms with van der Waals surface area (Å²) in [5, 5.41) is 8.82. The summed E-state index contributed by atoms with van der Waals surface area (Å²) in [6.45, 7) is 3.49. The van der Waals surface area contributed by atoms with Crippen molar-refractivity contribution in [3.63, 3.8) is 0 Å². The van der Waals surface area contributed by atoms with Crippen LogP contribution in [-0.4, -0.2) is 60.3 Å². The maximum absolute atomic E-state index is 8.82. The number of likely N-dealkylation sites (tertiary alicyclic amines) is 1. The Balaban J connectivity index is 1.76. The largest absolute Gasteiger partial charge is 0.395 e. The summed E-state index contributed by atoms with van der Waals surface area (Å²) in [4.78, 5) is 4.90. The first-order valence-electron chi connectivity index (χ1n) is 5.36. The molecule has 0 aromatic heterocycles. The van der Waals surface area contributed by atoms with Gasteiger partial charge in [-0.2, -0.15) is 0 Å². The molecule has 3 heteroatoms. The van der Waals surface area contributed by atoms with Crippen LogP contribution in [0, 0.1) is 0 Å². The summed E-state index contributed by atoms with van der Waals surface area (Å²) in [6.07, 6.45) is 4.08. The molecule has 76 valence electrons. The molecule has 1 heterocycles. The van der Waals surface area contributed by atoms with Gasteiger partial charge in [-0.3, -0.25) is 9.80 Å². The summed E-state index contributed by atoms with van der Waals surface area (Å²) >= 11 is 0. The van der Waals surface area contributed by atoms with E-state index < -0.39 is 0 Å². The number of nitrogens with zero attached hydrogens (tertiary/aromatic N) is 2. The number of rotatable bonds is 4. The minimum absolute atomic E-state index is 0.305. The molecule has 0 amide bonds. The van der Waals surface area contributed by atoms with Crippen molar-refractivity contribution < 1.29 is 5.11 Å². The molecule has 0 aromatic rings. The molecule has 1 saturated heterocycles. The summed E-state index contributed by atoms with van der Waals surface area (Å²) in [6, 6.07) is 1.62. The van der Waals surface area contributed by atoms with Gasteiger partial charge in [-0.15, -0.1) is 0 Å². The summed E-state index contributed by atoms with van der Waals surface area (Å²) in [7, 11) is 2.25. The van der Waals surface area contributed by atoms with Crippen LogP contribution in [-0.2, 0) is 0 Å². The van der Waals surface area contributed by atoms with E-state index in [9.17, 15) is 0 Å². The monoisotopic (exact) mass is 184 g/mol. The van der Waals surface area contributed by atoms with Gasteiger partial charge in [0.15, 0.2) is 0 Å². The maximum Gasteiger partial charge on any atom is 0.0558 e. The topological polar surface area (TPSA) is 26.7 Å². The Hall–Kier alpha value is -0.120. The molecule has 13 heavy (non-hydrogen) atoms. The molecule has 0 unspecified atom stereocenters. The van der Waals surface area contributed by atoms with E-state index in [1.165, 1.54) is 25.8 Å². The maximum atomic E-state index is 8.82. The average Bonchev–Trinajstić information content (AvgIpc) is 2.87. The summed E-state index contributed by atoms with van der Waals surface area (Å²) < 4.78 is 0. The molecule has 0 spiro atoms. The van der Waals surface area contributed by atoms with Crippen molar-refractivity contribution >= 4 is 0 Å². The molecule has 0 bridgehead atoms. The Morgan fingerprint density at radius 1 is 1.31 bits per heavy atom. The Morgan fingerprint density at radius 2 is 2.08 bits per heavy atom. The van der Waals surface area contributed by atoms with E-state index in [1.807, 2.05) is 0 Å². The molecule has 0 aromatic carbocycles. The van der Waals surface area contributed by atoms with Crippen LogP contribution >= 0.6 is 0 Å². The van der Waals surface area contributed by atoms with Crippen LogP contribution < -0.4 is 0 Å². The Kier molecular flexibility index (Phi) is 2.86. The fraction of sp³-hybridized carbons (Fsp3) is 1.00. The van der Waals surface area contributed by atoms with Crippen molar-refractivity contribution in [3.05, 3.63) is 0 Å². The van der Waals surface area contributed by atoms with Gasteiger partial charge in [-0.1, -0.05) is 0 Å². The molecule has 2 aliphatic rings. The highest BCUT2D eigenvalue weighted by Crippen LogP contribution is 2.29. The fourth-order valence-corrected chi connectivity index (χ4v) is 2.27. The Morgan fingerprint density at radius 3 is 2.69 bits per heavy atom. The standard InChI is InChI=1S/C10H20N2O/c1-11(9-2-3-9)10-4-5-12(8-10)6-7-13/h9-10,13H,2-8H2,1H3/t10-/m1/s1. The van der Waals surface area contributed by atoms with Crippen LogP contribution in [0.4, 0.5) is 0 Å². The lowest BCUT2D eigenvalue weighted by Gasteiger charge is -2.24. The molecule has 1 aliphatic heterocycles. The van der Waals surface area contributed by atoms with Gasteiger partial charge in [0, 0.05) is 25.2 Å². The first kappa shape index (κ1) is 9.44. The number of hydrogen-bond acceptors (Lipinski definition) is 3. The van der Waals surface area contributed by atoms with E-state index in [0.717, 1.165) is 25.2 Å². The lowest BCUT2D eigenvalue weighted by Crippen LogP contribution is -2.36. The quantitative estimate of drug-likeness (QED) is 0.673. The van der Waals surface area contributed by atoms with E-state index in [1.54, 1.807) is 0 Å². The normalized spacial score (nSPS) is 30.2. The van der Waals surface area contributed by atoms with Crippen LogP contribution in [0.15, 0.2) is 0 Å². The lowest BCUT2D eigenvalue weighted by molar-refractivity contribution is 0.195. The van der Waals surface area contributed by atoms with E-state index in [4.69, 9.17) is 5.11 Å². The van der Waals surface area contributed by atoms with Crippen LogP contribution in [0.1, 0.15) is 19.3 Å². The molecule has 3 nitrogen and oxygen atoms in total. The van der Waals surface area contributed by atoms with E-state index in [-0.39, 0.29) is 0 Å². The zero-order chi connectivity index (χ0) is 9.26. The van der Waals surface area contributed by atoms with Gasteiger partial charge in [0.05, 0.1) is 6.61 Å². The molecule has 1 atom stereocenters. The predicted octanol–water partition coefficient (Wildman–Crippen LogP) is 0.147. The molecule has 1 N–H and O–H groups in total. The van der Waals surface area contributed by atoms with Gasteiger partial charge in [0.25, 0.3) is 0 Å². The van der Waals surface area contributed by atoms with Gasteiger partial charge in [0.1, 0.15) is 0 Å². The van der Waals surface area contributed by atoms with Crippen molar-refractivity contribution in [2.45, 2.75) is 31.3 Å². The van der Waals surface area contributed by atoms with Crippen LogP contribution in [0.3, 0.4) is 0 Å². The number of hydrogen-bond donors (Lipinski definition) is 1. The minimum atomic E-state index is 0.305. The number of likely N-dealkylation sites (N-methyl/N-ethyl adjacent to an activating group) is 1. The molecular weight excluding hydrogens is 164 g/mol. The average molecular weight is 184 g/mol. The molecule has 2 fully saturated rings. The van der Waals surface area contributed by atoms with E-state index in [0.29, 0.717) is 6.61 Å². The van der Waals surface area contributed by atoms with Gasteiger partial charge >= 0.3 is 0 Å². The third kappa shape index (κ3) is 2.22. The number of aliphatic hydroxyl groups is 1. The van der Waals surface area contributed by atoms with Gasteiger partial charge in [-0.05, 0) is 32.9 Å². The second-order valence-electron chi connectivity index (χ2n) is 4.36. The Labute approximate surface area is 80.3 Å². The second kappa shape index (κ2) is 3.95. The van der Waals surface area contributed by atoms with Crippen molar-refractivity contribution in [1.29, 1.82) is 0 Å². The smallest absolute Gasteiger partial charge is 0.0558 e. The van der Waals surface area contributed by atoms with Crippen LogP contribution in [0.5, 0.6) is 0 Å². The second-order valence-corrected chi connectivity index (χ2v) is 4.36. The van der Waals surface area contributed by atoms with Crippen LogP contribution in [0.2, 0.25) is 0 Å². The number of aliphatic hydroxyl groups excluding tert-OH is 1. The molecular formula is C10H20N2O. The highest BCUT2D eigenvalue weighted by Gasteiger charge is 2.34. The third-order valence-electron chi connectivity index (χ3n) is 3.36. The molecule has 1 aliphatic carbocycles. The zero-order valence-corrected chi connectivity index (χ0v) is 8.45. The Bertz CT molecular complexity index is 170. The van der Waals surface area contributed by atoms with Crippen molar-refractivity contribution in [3.8, 4) is 0 Å². The lowest BCUT2D eigenvalue weighted by atomic mass is 10.2. The van der Waals surface area contributed by atoms with E-state index >= 15 is 0 Å². The molecule has 1 saturated carbocycles. The van der Waals surface area contributed by atoms with Gasteiger partial charge in [0.2, 0.25) is 0 Å².